The minimum absolute atomic E-state index is 0.117. The third kappa shape index (κ3) is 2.13. The van der Waals surface area contributed by atoms with E-state index < -0.39 is 0 Å². The number of allylic oxidation sites excluding steroid dienone is 1. The predicted molar refractivity (Wildman–Crippen MR) is 91.9 cm³/mol. The molecule has 0 spiro atoms. The minimum atomic E-state index is -0.117. The second-order valence-electron chi connectivity index (χ2n) is 9.44. The van der Waals surface area contributed by atoms with E-state index in [-0.39, 0.29) is 11.5 Å². The number of hydrogen-bond donors (Lipinski definition) is 1. The van der Waals surface area contributed by atoms with Crippen molar-refractivity contribution in [1.82, 2.24) is 0 Å². The van der Waals surface area contributed by atoms with Gasteiger partial charge in [-0.3, -0.25) is 4.79 Å². The number of aliphatic hydroxyl groups excluding tert-OH is 1. The van der Waals surface area contributed by atoms with Gasteiger partial charge in [0.05, 0.1) is 6.10 Å². The first-order chi connectivity index (χ1) is 10.9. The quantitative estimate of drug-likeness (QED) is 0.722. The number of carbonyl (C=O) groups excluding carboxylic acids is 1. The van der Waals surface area contributed by atoms with E-state index in [2.05, 4.69) is 19.9 Å². The number of aliphatic hydroxyl groups is 1. The van der Waals surface area contributed by atoms with Crippen molar-refractivity contribution in [3.8, 4) is 0 Å². The first-order valence-electron chi connectivity index (χ1n) is 9.74. The Hall–Kier alpha value is -0.630. The van der Waals surface area contributed by atoms with E-state index in [1.807, 2.05) is 6.92 Å². The van der Waals surface area contributed by atoms with Crippen molar-refractivity contribution < 1.29 is 9.90 Å². The second-order valence-corrected chi connectivity index (χ2v) is 9.44. The predicted octanol–water partition coefficient (Wildman–Crippen LogP) is 4.52. The summed E-state index contributed by atoms with van der Waals surface area (Å²) in [7, 11) is 0. The number of carbonyl (C=O) groups is 1. The zero-order valence-corrected chi connectivity index (χ0v) is 15.0. The average molecular weight is 316 g/mol. The first-order valence-corrected chi connectivity index (χ1v) is 9.74. The molecule has 23 heavy (non-hydrogen) atoms. The molecule has 0 bridgehead atoms. The van der Waals surface area contributed by atoms with E-state index in [4.69, 9.17) is 0 Å². The number of Topliss-reactive ketones (excluding diaryl/α,β-unsaturated/α-hetero) is 1. The highest BCUT2D eigenvalue weighted by Gasteiger charge is 2.59. The highest BCUT2D eigenvalue weighted by Crippen LogP contribution is 2.66. The molecule has 0 aromatic carbocycles. The van der Waals surface area contributed by atoms with Crippen LogP contribution in [-0.4, -0.2) is 17.0 Å². The molecule has 0 heterocycles. The smallest absolute Gasteiger partial charge is 0.133 e. The molecule has 4 rings (SSSR count). The van der Waals surface area contributed by atoms with Gasteiger partial charge in [0.2, 0.25) is 0 Å². The Balaban J connectivity index is 1.66. The molecular weight excluding hydrogens is 284 g/mol. The maximum Gasteiger partial charge on any atom is 0.133 e. The SMILES string of the molecule is CC(=O)[C@H]1CC[C@H]2C3CC=C4C[C@@H](O)CC[C@]4(C)[C@H]3CC[C@]12C. The number of hydrogen-bond acceptors (Lipinski definition) is 2. The molecule has 0 aromatic rings. The molecule has 128 valence electrons. The third-order valence-electron chi connectivity index (χ3n) is 8.57. The van der Waals surface area contributed by atoms with E-state index in [1.165, 1.54) is 25.7 Å². The van der Waals surface area contributed by atoms with Crippen molar-refractivity contribution in [3.05, 3.63) is 11.6 Å². The van der Waals surface area contributed by atoms with Gasteiger partial charge in [-0.25, -0.2) is 0 Å². The summed E-state index contributed by atoms with van der Waals surface area (Å²) in [6.45, 7) is 6.70. The van der Waals surface area contributed by atoms with E-state index in [0.717, 1.165) is 43.4 Å². The normalized spacial score (nSPS) is 52.2. The maximum absolute atomic E-state index is 12.2. The van der Waals surface area contributed by atoms with Gasteiger partial charge in [0.15, 0.2) is 0 Å². The summed E-state index contributed by atoms with van der Waals surface area (Å²) in [5, 5.41) is 10.1. The fraction of sp³-hybridized carbons (Fsp3) is 0.857. The molecule has 0 amide bonds. The lowest BCUT2D eigenvalue weighted by atomic mass is 9.47. The van der Waals surface area contributed by atoms with Crippen molar-refractivity contribution in [2.45, 2.75) is 78.2 Å². The van der Waals surface area contributed by atoms with Gasteiger partial charge in [-0.1, -0.05) is 25.5 Å². The van der Waals surface area contributed by atoms with Crippen LogP contribution < -0.4 is 0 Å². The lowest BCUT2D eigenvalue weighted by Gasteiger charge is -2.57. The maximum atomic E-state index is 12.2. The van der Waals surface area contributed by atoms with Gasteiger partial charge in [0, 0.05) is 5.92 Å². The van der Waals surface area contributed by atoms with Crippen LogP contribution in [0.25, 0.3) is 0 Å². The Labute approximate surface area is 140 Å². The van der Waals surface area contributed by atoms with Crippen molar-refractivity contribution in [2.24, 2.45) is 34.5 Å². The van der Waals surface area contributed by atoms with Crippen LogP contribution in [0.1, 0.15) is 72.1 Å². The van der Waals surface area contributed by atoms with Gasteiger partial charge in [-0.2, -0.15) is 0 Å². The standard InChI is InChI=1S/C21H32O2/c1-13(22)17-6-7-18-16-5-4-14-12-15(23)8-10-20(14,2)19(16)9-11-21(17,18)3/h4,15-19,23H,5-12H2,1-3H3/t15-,16?,17+,18-,19-,20-,21+/m0/s1. The summed E-state index contributed by atoms with van der Waals surface area (Å²) in [4.78, 5) is 12.2. The van der Waals surface area contributed by atoms with Gasteiger partial charge in [0.25, 0.3) is 0 Å². The largest absolute Gasteiger partial charge is 0.393 e. The molecule has 1 unspecified atom stereocenters. The van der Waals surface area contributed by atoms with Crippen molar-refractivity contribution in [3.63, 3.8) is 0 Å². The molecule has 2 heteroatoms. The third-order valence-corrected chi connectivity index (χ3v) is 8.57. The average Bonchev–Trinajstić information content (AvgIpc) is 2.85. The van der Waals surface area contributed by atoms with Crippen LogP contribution >= 0.6 is 0 Å². The molecule has 7 atom stereocenters. The van der Waals surface area contributed by atoms with E-state index in [1.54, 1.807) is 5.57 Å². The number of rotatable bonds is 1. The zero-order valence-electron chi connectivity index (χ0n) is 15.0. The van der Waals surface area contributed by atoms with Crippen LogP contribution in [0, 0.1) is 34.5 Å². The van der Waals surface area contributed by atoms with E-state index in [9.17, 15) is 9.90 Å². The molecular formula is C21H32O2. The van der Waals surface area contributed by atoms with Gasteiger partial charge >= 0.3 is 0 Å². The lowest BCUT2D eigenvalue weighted by molar-refractivity contribution is -0.127. The van der Waals surface area contributed by atoms with Crippen LogP contribution in [0.3, 0.4) is 0 Å². The summed E-state index contributed by atoms with van der Waals surface area (Å²) < 4.78 is 0. The molecule has 4 aliphatic rings. The van der Waals surface area contributed by atoms with Crippen LogP contribution in [0.5, 0.6) is 0 Å². The molecule has 1 N–H and O–H groups in total. The Kier molecular flexibility index (Phi) is 3.58. The Morgan fingerprint density at radius 3 is 2.65 bits per heavy atom. The Bertz CT molecular complexity index is 550. The number of fused-ring (bicyclic) bond motifs is 5. The minimum Gasteiger partial charge on any atom is -0.393 e. The van der Waals surface area contributed by atoms with Gasteiger partial charge in [-0.15, -0.1) is 0 Å². The molecule has 3 saturated carbocycles. The van der Waals surface area contributed by atoms with Crippen molar-refractivity contribution in [2.75, 3.05) is 0 Å². The monoisotopic (exact) mass is 316 g/mol. The summed E-state index contributed by atoms with van der Waals surface area (Å²) in [6, 6.07) is 0. The molecule has 0 saturated heterocycles. The fourth-order valence-electron chi connectivity index (χ4n) is 7.31. The molecule has 0 aromatic heterocycles. The first kappa shape index (κ1) is 15.9. The summed E-state index contributed by atoms with van der Waals surface area (Å²) in [5.41, 5.74) is 2.11. The number of ketones is 1. The van der Waals surface area contributed by atoms with Crippen molar-refractivity contribution >= 4 is 5.78 Å². The molecule has 0 aliphatic heterocycles. The van der Waals surface area contributed by atoms with Gasteiger partial charge < -0.3 is 5.11 Å². The Morgan fingerprint density at radius 1 is 1.13 bits per heavy atom. The highest BCUT2D eigenvalue weighted by molar-refractivity contribution is 5.79. The van der Waals surface area contributed by atoms with E-state index >= 15 is 0 Å². The highest BCUT2D eigenvalue weighted by atomic mass is 16.3. The van der Waals surface area contributed by atoms with Gasteiger partial charge in [-0.05, 0) is 86.9 Å². The lowest BCUT2D eigenvalue weighted by Crippen LogP contribution is -2.50. The van der Waals surface area contributed by atoms with Crippen LogP contribution in [0.4, 0.5) is 0 Å². The summed E-state index contributed by atoms with van der Waals surface area (Å²) >= 11 is 0. The summed E-state index contributed by atoms with van der Waals surface area (Å²) in [6.07, 6.45) is 11.5. The molecule has 0 radical (unpaired) electrons. The van der Waals surface area contributed by atoms with Crippen LogP contribution in [-0.2, 0) is 4.79 Å². The second kappa shape index (κ2) is 5.18. The van der Waals surface area contributed by atoms with Crippen LogP contribution in [0.15, 0.2) is 11.6 Å². The molecule has 3 fully saturated rings. The summed E-state index contributed by atoms with van der Waals surface area (Å²) in [5.74, 6) is 3.00. The molecule has 2 nitrogen and oxygen atoms in total. The van der Waals surface area contributed by atoms with Gasteiger partial charge in [0.1, 0.15) is 5.78 Å². The Morgan fingerprint density at radius 2 is 1.91 bits per heavy atom. The fourth-order valence-corrected chi connectivity index (χ4v) is 7.31. The van der Waals surface area contributed by atoms with E-state index in [0.29, 0.717) is 17.1 Å². The zero-order chi connectivity index (χ0) is 16.4. The molecule has 4 aliphatic carbocycles. The van der Waals surface area contributed by atoms with Crippen molar-refractivity contribution in [1.29, 1.82) is 0 Å². The van der Waals surface area contributed by atoms with Crippen LogP contribution in [0.2, 0.25) is 0 Å². The topological polar surface area (TPSA) is 37.3 Å².